The number of aryl methyl sites for hydroxylation is 1. The number of benzene rings is 1. The van der Waals surface area contributed by atoms with Gasteiger partial charge >= 0.3 is 12.0 Å². The van der Waals surface area contributed by atoms with Crippen LogP contribution in [0.2, 0.25) is 0 Å². The smallest absolute Gasteiger partial charge is 0.321 e. The fourth-order valence-corrected chi connectivity index (χ4v) is 5.07. The SMILES string of the molecule is CNS(=O)(=O)c1cc(NC(=O)N2C[C@@H]3CCC[C@@]3(C(=O)O)C2)ccc1C. The molecule has 1 aromatic carbocycles. The molecule has 3 rings (SSSR count). The zero-order chi connectivity index (χ0) is 19.1. The lowest BCUT2D eigenvalue weighted by atomic mass is 9.81. The Morgan fingerprint density at radius 3 is 2.69 bits per heavy atom. The van der Waals surface area contributed by atoms with Gasteiger partial charge in [-0.3, -0.25) is 4.79 Å². The Bertz CT molecular complexity index is 854. The number of likely N-dealkylation sites (tertiary alicyclic amines) is 1. The van der Waals surface area contributed by atoms with E-state index in [1.807, 2.05) is 0 Å². The molecule has 0 bridgehead atoms. The minimum Gasteiger partial charge on any atom is -0.481 e. The molecule has 0 spiro atoms. The quantitative estimate of drug-likeness (QED) is 0.733. The van der Waals surface area contributed by atoms with E-state index in [2.05, 4.69) is 10.0 Å². The number of nitrogens with one attached hydrogen (secondary N) is 2. The van der Waals surface area contributed by atoms with Crippen LogP contribution in [-0.2, 0) is 14.8 Å². The van der Waals surface area contributed by atoms with Crippen LogP contribution in [0.15, 0.2) is 23.1 Å². The Kier molecular flexibility index (Phi) is 4.70. The van der Waals surface area contributed by atoms with E-state index < -0.39 is 27.4 Å². The van der Waals surface area contributed by atoms with Gasteiger partial charge in [-0.1, -0.05) is 12.5 Å². The van der Waals surface area contributed by atoms with Crippen LogP contribution in [-0.4, -0.2) is 50.6 Å². The van der Waals surface area contributed by atoms with E-state index in [0.717, 1.165) is 12.8 Å². The number of sulfonamides is 1. The summed E-state index contributed by atoms with van der Waals surface area (Å²) < 4.78 is 26.4. The number of rotatable bonds is 4. The van der Waals surface area contributed by atoms with Crippen LogP contribution < -0.4 is 10.0 Å². The largest absolute Gasteiger partial charge is 0.481 e. The Morgan fingerprint density at radius 1 is 1.35 bits per heavy atom. The number of aliphatic carboxylic acids is 1. The number of nitrogens with zero attached hydrogens (tertiary/aromatic N) is 1. The van der Waals surface area contributed by atoms with Crippen LogP contribution in [0.25, 0.3) is 0 Å². The lowest BCUT2D eigenvalue weighted by Crippen LogP contribution is -2.38. The van der Waals surface area contributed by atoms with Crippen molar-refractivity contribution in [2.45, 2.75) is 31.1 Å². The molecule has 1 saturated carbocycles. The third kappa shape index (κ3) is 3.05. The molecule has 1 aliphatic heterocycles. The molecule has 142 valence electrons. The highest BCUT2D eigenvalue weighted by Gasteiger charge is 2.55. The molecule has 8 nitrogen and oxygen atoms in total. The zero-order valence-corrected chi connectivity index (χ0v) is 15.6. The Balaban J connectivity index is 1.78. The molecule has 3 N–H and O–H groups in total. The van der Waals surface area contributed by atoms with Gasteiger partial charge in [0, 0.05) is 18.8 Å². The lowest BCUT2D eigenvalue weighted by Gasteiger charge is -2.23. The lowest BCUT2D eigenvalue weighted by molar-refractivity contribution is -0.149. The first-order chi connectivity index (χ1) is 12.2. The number of anilines is 1. The molecular formula is C17H23N3O5S. The van der Waals surface area contributed by atoms with E-state index in [9.17, 15) is 23.1 Å². The van der Waals surface area contributed by atoms with Crippen molar-refractivity contribution in [1.82, 2.24) is 9.62 Å². The fourth-order valence-electron chi connectivity index (χ4n) is 4.07. The minimum atomic E-state index is -3.63. The molecule has 0 unspecified atom stereocenters. The van der Waals surface area contributed by atoms with Gasteiger partial charge in [-0.15, -0.1) is 0 Å². The molecule has 2 amide bonds. The van der Waals surface area contributed by atoms with Gasteiger partial charge in [-0.05, 0) is 50.4 Å². The van der Waals surface area contributed by atoms with Crippen molar-refractivity contribution < 1.29 is 23.1 Å². The number of carboxylic acid groups (broad SMARTS) is 1. The normalized spacial score (nSPS) is 25.2. The standard InChI is InChI=1S/C17H23N3O5S/c1-11-5-6-13(8-14(11)26(24,25)18-2)19-16(23)20-9-12-4-3-7-17(12,10-20)15(21)22/h5-6,8,12,18H,3-4,7,9-10H2,1-2H3,(H,19,23)(H,21,22)/t12-,17+/m0/s1. The minimum absolute atomic E-state index is 0.0241. The zero-order valence-electron chi connectivity index (χ0n) is 14.8. The van der Waals surface area contributed by atoms with Crippen LogP contribution in [0, 0.1) is 18.3 Å². The van der Waals surface area contributed by atoms with Crippen LogP contribution in [0.3, 0.4) is 0 Å². The van der Waals surface area contributed by atoms with E-state index in [-0.39, 0.29) is 17.4 Å². The number of carbonyl (C=O) groups is 2. The summed E-state index contributed by atoms with van der Waals surface area (Å²) in [4.78, 5) is 25.9. The van der Waals surface area contributed by atoms with Gasteiger partial charge in [-0.25, -0.2) is 17.9 Å². The molecule has 0 aromatic heterocycles. The Morgan fingerprint density at radius 2 is 2.08 bits per heavy atom. The predicted octanol–water partition coefficient (Wildman–Crippen LogP) is 1.62. The first-order valence-corrected chi connectivity index (χ1v) is 10.0. The summed E-state index contributed by atoms with van der Waals surface area (Å²) in [6.45, 7) is 2.27. The second kappa shape index (κ2) is 6.55. The van der Waals surface area contributed by atoms with Gasteiger partial charge in [0.05, 0.1) is 10.3 Å². The number of hydrogen-bond acceptors (Lipinski definition) is 4. The highest BCUT2D eigenvalue weighted by molar-refractivity contribution is 7.89. The van der Waals surface area contributed by atoms with E-state index >= 15 is 0 Å². The van der Waals surface area contributed by atoms with Gasteiger partial charge < -0.3 is 15.3 Å². The molecule has 1 heterocycles. The van der Waals surface area contributed by atoms with Crippen molar-refractivity contribution in [3.05, 3.63) is 23.8 Å². The number of amides is 2. The van der Waals surface area contributed by atoms with Crippen LogP contribution in [0.1, 0.15) is 24.8 Å². The maximum Gasteiger partial charge on any atom is 0.321 e. The van der Waals surface area contributed by atoms with Crippen molar-refractivity contribution >= 4 is 27.7 Å². The van der Waals surface area contributed by atoms with Gasteiger partial charge in [-0.2, -0.15) is 0 Å². The third-order valence-electron chi connectivity index (χ3n) is 5.58. The molecular weight excluding hydrogens is 358 g/mol. The molecule has 1 aliphatic carbocycles. The summed E-state index contributed by atoms with van der Waals surface area (Å²) in [5.41, 5.74) is 0.0827. The molecule has 26 heavy (non-hydrogen) atoms. The molecule has 2 atom stereocenters. The van der Waals surface area contributed by atoms with E-state index in [0.29, 0.717) is 24.2 Å². The average Bonchev–Trinajstić information content (AvgIpc) is 3.14. The summed E-state index contributed by atoms with van der Waals surface area (Å²) in [6, 6.07) is 4.25. The Labute approximate surface area is 152 Å². The highest BCUT2D eigenvalue weighted by Crippen LogP contribution is 2.48. The number of carbonyl (C=O) groups excluding carboxylic acids is 1. The van der Waals surface area contributed by atoms with E-state index in [4.69, 9.17) is 0 Å². The van der Waals surface area contributed by atoms with Crippen molar-refractivity contribution in [3.63, 3.8) is 0 Å². The maximum atomic E-state index is 12.6. The number of carboxylic acids is 1. The number of urea groups is 1. The summed E-state index contributed by atoms with van der Waals surface area (Å²) in [6.07, 6.45) is 2.27. The summed E-state index contributed by atoms with van der Waals surface area (Å²) >= 11 is 0. The monoisotopic (exact) mass is 381 g/mol. The van der Waals surface area contributed by atoms with Gasteiger partial charge in [0.15, 0.2) is 0 Å². The van der Waals surface area contributed by atoms with Crippen LogP contribution in [0.4, 0.5) is 10.5 Å². The topological polar surface area (TPSA) is 116 Å². The summed E-state index contributed by atoms with van der Waals surface area (Å²) in [7, 11) is -2.30. The van der Waals surface area contributed by atoms with Gasteiger partial charge in [0.2, 0.25) is 10.0 Å². The second-order valence-corrected chi connectivity index (χ2v) is 8.90. The summed E-state index contributed by atoms with van der Waals surface area (Å²) in [5.74, 6) is -0.864. The average molecular weight is 381 g/mol. The molecule has 1 aromatic rings. The third-order valence-corrected chi connectivity index (χ3v) is 7.14. The first-order valence-electron chi connectivity index (χ1n) is 8.53. The maximum absolute atomic E-state index is 12.6. The molecule has 1 saturated heterocycles. The van der Waals surface area contributed by atoms with E-state index in [1.165, 1.54) is 18.0 Å². The van der Waals surface area contributed by atoms with Crippen LogP contribution >= 0.6 is 0 Å². The van der Waals surface area contributed by atoms with Crippen LogP contribution in [0.5, 0.6) is 0 Å². The number of fused-ring (bicyclic) bond motifs is 1. The van der Waals surface area contributed by atoms with Gasteiger partial charge in [0.25, 0.3) is 0 Å². The van der Waals surface area contributed by atoms with Crippen molar-refractivity contribution in [3.8, 4) is 0 Å². The molecule has 2 aliphatic rings. The highest BCUT2D eigenvalue weighted by atomic mass is 32.2. The van der Waals surface area contributed by atoms with Gasteiger partial charge in [0.1, 0.15) is 0 Å². The number of hydrogen-bond donors (Lipinski definition) is 3. The predicted molar refractivity (Wildman–Crippen MR) is 95.4 cm³/mol. The summed E-state index contributed by atoms with van der Waals surface area (Å²) in [5, 5.41) is 12.3. The van der Waals surface area contributed by atoms with Crippen molar-refractivity contribution in [2.75, 3.05) is 25.5 Å². The molecule has 0 radical (unpaired) electrons. The second-order valence-electron chi connectivity index (χ2n) is 7.05. The molecule has 2 fully saturated rings. The fraction of sp³-hybridized carbons (Fsp3) is 0.529. The first kappa shape index (κ1) is 18.7. The Hall–Kier alpha value is -2.13. The van der Waals surface area contributed by atoms with Crippen molar-refractivity contribution in [1.29, 1.82) is 0 Å². The van der Waals surface area contributed by atoms with Crippen molar-refractivity contribution in [2.24, 2.45) is 11.3 Å². The molecule has 9 heteroatoms. The van der Waals surface area contributed by atoms with E-state index in [1.54, 1.807) is 19.1 Å².